The lowest BCUT2D eigenvalue weighted by atomic mass is 10.0. The highest BCUT2D eigenvalue weighted by Gasteiger charge is 2.16. The number of aromatic amines is 1. The highest BCUT2D eigenvalue weighted by atomic mass is 16.3. The van der Waals surface area contributed by atoms with Crippen molar-refractivity contribution in [1.82, 2.24) is 10.2 Å². The number of H-pyrrole nitrogens is 1. The van der Waals surface area contributed by atoms with E-state index in [0.717, 1.165) is 10.9 Å². The van der Waals surface area contributed by atoms with Crippen molar-refractivity contribution in [3.8, 4) is 0 Å². The summed E-state index contributed by atoms with van der Waals surface area (Å²) < 4.78 is 0. The molecule has 0 saturated carbocycles. The van der Waals surface area contributed by atoms with Crippen LogP contribution in [0.4, 0.5) is 0 Å². The topological polar surface area (TPSA) is 95.2 Å². The van der Waals surface area contributed by atoms with Gasteiger partial charge in [-0.1, -0.05) is 12.1 Å². The summed E-state index contributed by atoms with van der Waals surface area (Å²) in [5.74, 6) is 0. The number of aliphatic hydroxyl groups is 2. The first-order valence-corrected chi connectivity index (χ1v) is 4.71. The van der Waals surface area contributed by atoms with Crippen molar-refractivity contribution in [3.05, 3.63) is 30.0 Å². The van der Waals surface area contributed by atoms with Crippen LogP contribution in [0.15, 0.2) is 24.4 Å². The van der Waals surface area contributed by atoms with Crippen molar-refractivity contribution in [1.29, 1.82) is 0 Å². The van der Waals surface area contributed by atoms with Gasteiger partial charge in [0.1, 0.15) is 6.10 Å². The third kappa shape index (κ3) is 1.85. The Bertz CT molecular complexity index is 455. The molecule has 0 radical (unpaired) electrons. The van der Waals surface area contributed by atoms with Gasteiger partial charge in [0.05, 0.1) is 17.8 Å². The lowest BCUT2D eigenvalue weighted by Gasteiger charge is -2.16. The van der Waals surface area contributed by atoms with Crippen LogP contribution in [0.5, 0.6) is 0 Å². The number of nitrogens with zero attached hydrogens (tertiary/aromatic N) is 1. The Hall–Kier alpha value is -1.43. The zero-order valence-electron chi connectivity index (χ0n) is 8.09. The van der Waals surface area contributed by atoms with E-state index in [0.29, 0.717) is 5.56 Å². The fourth-order valence-electron chi connectivity index (χ4n) is 1.49. The first kappa shape index (κ1) is 10.1. The van der Waals surface area contributed by atoms with Crippen LogP contribution in [-0.2, 0) is 0 Å². The zero-order valence-corrected chi connectivity index (χ0v) is 8.09. The molecule has 2 aromatic rings. The fraction of sp³-hybridized carbons (Fsp3) is 0.300. The van der Waals surface area contributed by atoms with Gasteiger partial charge in [0.2, 0.25) is 0 Å². The van der Waals surface area contributed by atoms with Crippen molar-refractivity contribution in [2.75, 3.05) is 6.54 Å². The number of benzene rings is 1. The van der Waals surface area contributed by atoms with Crippen molar-refractivity contribution < 1.29 is 10.2 Å². The highest BCUT2D eigenvalue weighted by Crippen LogP contribution is 2.20. The van der Waals surface area contributed by atoms with E-state index in [9.17, 15) is 10.2 Å². The van der Waals surface area contributed by atoms with Gasteiger partial charge in [0.25, 0.3) is 0 Å². The van der Waals surface area contributed by atoms with Gasteiger partial charge in [-0.15, -0.1) is 0 Å². The minimum Gasteiger partial charge on any atom is -0.389 e. The van der Waals surface area contributed by atoms with E-state index in [-0.39, 0.29) is 6.54 Å². The average molecular weight is 207 g/mol. The molecule has 2 atom stereocenters. The summed E-state index contributed by atoms with van der Waals surface area (Å²) in [7, 11) is 0. The van der Waals surface area contributed by atoms with Crippen LogP contribution in [0, 0.1) is 0 Å². The molecule has 0 bridgehead atoms. The fourth-order valence-corrected chi connectivity index (χ4v) is 1.49. The summed E-state index contributed by atoms with van der Waals surface area (Å²) in [5.41, 5.74) is 6.73. The standard InChI is InChI=1S/C10H13N3O2/c11-4-9(14)10(15)6-1-2-7-5-12-13-8(7)3-6/h1-3,5,9-10,14-15H,4,11H2,(H,12,13). The Morgan fingerprint density at radius 1 is 1.40 bits per heavy atom. The van der Waals surface area contributed by atoms with Gasteiger partial charge in [0.15, 0.2) is 0 Å². The zero-order chi connectivity index (χ0) is 10.8. The summed E-state index contributed by atoms with van der Waals surface area (Å²) in [5, 5.41) is 26.8. The lowest BCUT2D eigenvalue weighted by molar-refractivity contribution is 0.0244. The van der Waals surface area contributed by atoms with E-state index in [2.05, 4.69) is 10.2 Å². The van der Waals surface area contributed by atoms with Crippen molar-refractivity contribution in [2.45, 2.75) is 12.2 Å². The highest BCUT2D eigenvalue weighted by molar-refractivity contribution is 5.78. The quantitative estimate of drug-likeness (QED) is 0.566. The second-order valence-electron chi connectivity index (χ2n) is 3.46. The predicted molar refractivity (Wildman–Crippen MR) is 56.1 cm³/mol. The average Bonchev–Trinajstić information content (AvgIpc) is 2.73. The summed E-state index contributed by atoms with van der Waals surface area (Å²) >= 11 is 0. The normalized spacial score (nSPS) is 15.4. The molecule has 0 aliphatic heterocycles. The number of fused-ring (bicyclic) bond motifs is 1. The number of rotatable bonds is 3. The number of aliphatic hydroxyl groups excluding tert-OH is 2. The molecule has 0 amide bonds. The van der Waals surface area contributed by atoms with E-state index >= 15 is 0 Å². The summed E-state index contributed by atoms with van der Waals surface area (Å²) in [6.07, 6.45) is -0.196. The molecule has 1 heterocycles. The largest absolute Gasteiger partial charge is 0.389 e. The van der Waals surface area contributed by atoms with Crippen LogP contribution in [-0.4, -0.2) is 33.1 Å². The van der Waals surface area contributed by atoms with Gasteiger partial charge in [0, 0.05) is 11.9 Å². The maximum absolute atomic E-state index is 9.72. The number of aromatic nitrogens is 2. The number of nitrogens with two attached hydrogens (primary N) is 1. The molecular formula is C10H13N3O2. The Morgan fingerprint density at radius 2 is 2.20 bits per heavy atom. The minimum atomic E-state index is -0.956. The van der Waals surface area contributed by atoms with Gasteiger partial charge >= 0.3 is 0 Å². The van der Waals surface area contributed by atoms with Crippen molar-refractivity contribution >= 4 is 10.9 Å². The second-order valence-corrected chi connectivity index (χ2v) is 3.46. The molecule has 2 rings (SSSR count). The molecule has 0 fully saturated rings. The van der Waals surface area contributed by atoms with Gasteiger partial charge < -0.3 is 15.9 Å². The molecule has 15 heavy (non-hydrogen) atoms. The predicted octanol–water partition coefficient (Wildman–Crippen LogP) is -0.0841. The van der Waals surface area contributed by atoms with Gasteiger partial charge in [-0.25, -0.2) is 0 Å². The molecule has 80 valence electrons. The maximum atomic E-state index is 9.72. The van der Waals surface area contributed by atoms with E-state index in [1.807, 2.05) is 6.07 Å². The van der Waals surface area contributed by atoms with Crippen molar-refractivity contribution in [2.24, 2.45) is 5.73 Å². The molecule has 0 aliphatic carbocycles. The molecule has 1 aromatic heterocycles. The van der Waals surface area contributed by atoms with E-state index in [1.165, 1.54) is 0 Å². The van der Waals surface area contributed by atoms with Crippen LogP contribution >= 0.6 is 0 Å². The second kappa shape index (κ2) is 3.98. The number of nitrogens with one attached hydrogen (secondary N) is 1. The molecular weight excluding hydrogens is 194 g/mol. The van der Waals surface area contributed by atoms with Crippen molar-refractivity contribution in [3.63, 3.8) is 0 Å². The van der Waals surface area contributed by atoms with E-state index < -0.39 is 12.2 Å². The SMILES string of the molecule is NCC(O)C(O)c1ccc2cn[nH]c2c1. The van der Waals surface area contributed by atoms with E-state index in [1.54, 1.807) is 18.3 Å². The number of hydrogen-bond donors (Lipinski definition) is 4. The summed E-state index contributed by atoms with van der Waals surface area (Å²) in [4.78, 5) is 0. The first-order valence-electron chi connectivity index (χ1n) is 4.71. The monoisotopic (exact) mass is 207 g/mol. The van der Waals surface area contributed by atoms with E-state index in [4.69, 9.17) is 5.73 Å². The van der Waals surface area contributed by atoms with Gasteiger partial charge in [-0.05, 0) is 11.6 Å². The molecule has 5 heteroatoms. The minimum absolute atomic E-state index is 0.0299. The Labute approximate surface area is 86.5 Å². The maximum Gasteiger partial charge on any atom is 0.106 e. The molecule has 5 nitrogen and oxygen atoms in total. The van der Waals surface area contributed by atoms with Gasteiger partial charge in [-0.2, -0.15) is 5.10 Å². The summed E-state index contributed by atoms with van der Waals surface area (Å²) in [6.45, 7) is 0.0299. The lowest BCUT2D eigenvalue weighted by Crippen LogP contribution is -2.27. The summed E-state index contributed by atoms with van der Waals surface area (Å²) in [6, 6.07) is 5.34. The molecule has 0 saturated heterocycles. The molecule has 1 aromatic carbocycles. The van der Waals surface area contributed by atoms with Gasteiger partial charge in [-0.3, -0.25) is 5.10 Å². The van der Waals surface area contributed by atoms with Crippen LogP contribution < -0.4 is 5.73 Å². The first-order chi connectivity index (χ1) is 7.22. The van der Waals surface area contributed by atoms with Crippen LogP contribution in [0.2, 0.25) is 0 Å². The molecule has 0 aliphatic rings. The molecule has 0 spiro atoms. The molecule has 2 unspecified atom stereocenters. The number of hydrogen-bond acceptors (Lipinski definition) is 4. The Balaban J connectivity index is 2.35. The smallest absolute Gasteiger partial charge is 0.106 e. The van der Waals surface area contributed by atoms with Crippen LogP contribution in [0.3, 0.4) is 0 Å². The Morgan fingerprint density at radius 3 is 2.93 bits per heavy atom. The Kier molecular flexibility index (Phi) is 2.68. The molecule has 5 N–H and O–H groups in total. The van der Waals surface area contributed by atoms with Crippen LogP contribution in [0.25, 0.3) is 10.9 Å². The van der Waals surface area contributed by atoms with Crippen LogP contribution in [0.1, 0.15) is 11.7 Å². The third-order valence-electron chi connectivity index (χ3n) is 2.41. The third-order valence-corrected chi connectivity index (χ3v) is 2.41.